The summed E-state index contributed by atoms with van der Waals surface area (Å²) in [7, 11) is 0. The van der Waals surface area contributed by atoms with Crippen molar-refractivity contribution in [3.63, 3.8) is 0 Å². The lowest BCUT2D eigenvalue weighted by Gasteiger charge is -2.25. The largest absolute Gasteiger partial charge is 0.368 e. The van der Waals surface area contributed by atoms with E-state index in [9.17, 15) is 4.79 Å². The van der Waals surface area contributed by atoms with E-state index in [-0.39, 0.29) is 5.91 Å². The number of aromatic nitrogens is 1. The smallest absolute Gasteiger partial charge is 0.221 e. The molecule has 1 aliphatic rings. The third-order valence-corrected chi connectivity index (χ3v) is 3.85. The minimum atomic E-state index is 0.139. The molecular formula is C16H26N4O. The molecular weight excluding hydrogens is 264 g/mol. The van der Waals surface area contributed by atoms with E-state index in [1.54, 1.807) is 6.20 Å². The van der Waals surface area contributed by atoms with Crippen LogP contribution >= 0.6 is 0 Å². The number of aryl methyl sites for hydroxylation is 1. The summed E-state index contributed by atoms with van der Waals surface area (Å²) in [5, 5.41) is 6.19. The average molecular weight is 290 g/mol. The summed E-state index contributed by atoms with van der Waals surface area (Å²) in [5.41, 5.74) is 1.12. The highest BCUT2D eigenvalue weighted by atomic mass is 16.1. The van der Waals surface area contributed by atoms with Gasteiger partial charge >= 0.3 is 0 Å². The van der Waals surface area contributed by atoms with Gasteiger partial charge in [-0.25, -0.2) is 4.98 Å². The lowest BCUT2D eigenvalue weighted by molar-refractivity contribution is -0.121. The maximum absolute atomic E-state index is 11.8. The third-order valence-electron chi connectivity index (χ3n) is 3.85. The van der Waals surface area contributed by atoms with Crippen LogP contribution in [0.15, 0.2) is 18.3 Å². The van der Waals surface area contributed by atoms with Crippen LogP contribution < -0.4 is 10.6 Å². The van der Waals surface area contributed by atoms with Crippen LogP contribution in [0.4, 0.5) is 5.82 Å². The number of likely N-dealkylation sites (tertiary alicyclic amines) is 1. The molecule has 1 aromatic heterocycles. The molecule has 0 atom stereocenters. The average Bonchev–Trinajstić information content (AvgIpc) is 2.52. The zero-order valence-electron chi connectivity index (χ0n) is 12.9. The van der Waals surface area contributed by atoms with Gasteiger partial charge in [0, 0.05) is 32.3 Å². The van der Waals surface area contributed by atoms with Crippen molar-refractivity contribution in [2.24, 2.45) is 0 Å². The summed E-state index contributed by atoms with van der Waals surface area (Å²) in [6.45, 7) is 6.54. The molecule has 5 heteroatoms. The van der Waals surface area contributed by atoms with Crippen LogP contribution in [0, 0.1) is 6.92 Å². The van der Waals surface area contributed by atoms with Gasteiger partial charge in [-0.3, -0.25) is 4.79 Å². The summed E-state index contributed by atoms with van der Waals surface area (Å²) in [5.74, 6) is 1.03. The van der Waals surface area contributed by atoms with Crippen molar-refractivity contribution in [1.82, 2.24) is 15.2 Å². The molecule has 0 spiro atoms. The van der Waals surface area contributed by atoms with Crippen molar-refractivity contribution in [2.45, 2.75) is 32.6 Å². The van der Waals surface area contributed by atoms with Gasteiger partial charge in [-0.05, 0) is 44.5 Å². The van der Waals surface area contributed by atoms with Crippen LogP contribution in [0.25, 0.3) is 0 Å². The van der Waals surface area contributed by atoms with Crippen molar-refractivity contribution in [1.29, 1.82) is 0 Å². The SMILES string of the molecule is Cc1cccnc1NCCNC(=O)CCN1CCCCC1. The third kappa shape index (κ3) is 5.71. The van der Waals surface area contributed by atoms with Crippen molar-refractivity contribution < 1.29 is 4.79 Å². The van der Waals surface area contributed by atoms with Gasteiger partial charge in [-0.1, -0.05) is 12.5 Å². The molecule has 1 aliphatic heterocycles. The quantitative estimate of drug-likeness (QED) is 0.752. The number of nitrogens with one attached hydrogen (secondary N) is 2. The van der Waals surface area contributed by atoms with Crippen molar-refractivity contribution in [2.75, 3.05) is 38.0 Å². The lowest BCUT2D eigenvalue weighted by Crippen LogP contribution is -2.35. The number of hydrogen-bond acceptors (Lipinski definition) is 4. The predicted octanol–water partition coefficient (Wildman–Crippen LogP) is 1.79. The highest BCUT2D eigenvalue weighted by Crippen LogP contribution is 2.09. The van der Waals surface area contributed by atoms with Gasteiger partial charge in [0.2, 0.25) is 5.91 Å². The van der Waals surface area contributed by atoms with Crippen molar-refractivity contribution in [3.05, 3.63) is 23.9 Å². The molecule has 1 amide bonds. The van der Waals surface area contributed by atoms with Gasteiger partial charge in [-0.2, -0.15) is 0 Å². The topological polar surface area (TPSA) is 57.3 Å². The fourth-order valence-corrected chi connectivity index (χ4v) is 2.58. The van der Waals surface area contributed by atoms with Crippen LogP contribution in [0.3, 0.4) is 0 Å². The van der Waals surface area contributed by atoms with E-state index in [1.807, 2.05) is 19.1 Å². The second kappa shape index (κ2) is 8.62. The molecule has 2 heterocycles. The number of rotatable bonds is 7. The molecule has 1 aromatic rings. The van der Waals surface area contributed by atoms with Crippen molar-refractivity contribution >= 4 is 11.7 Å². The molecule has 5 nitrogen and oxygen atoms in total. The molecule has 0 unspecified atom stereocenters. The van der Waals surface area contributed by atoms with E-state index < -0.39 is 0 Å². The van der Waals surface area contributed by atoms with E-state index in [1.165, 1.54) is 19.3 Å². The molecule has 1 fully saturated rings. The first-order chi connectivity index (χ1) is 10.3. The van der Waals surface area contributed by atoms with Crippen molar-refractivity contribution in [3.8, 4) is 0 Å². The Morgan fingerprint density at radius 3 is 2.86 bits per heavy atom. The molecule has 0 saturated carbocycles. The number of amides is 1. The van der Waals surface area contributed by atoms with E-state index in [0.29, 0.717) is 19.5 Å². The first-order valence-electron chi connectivity index (χ1n) is 7.90. The molecule has 116 valence electrons. The highest BCUT2D eigenvalue weighted by molar-refractivity contribution is 5.76. The minimum Gasteiger partial charge on any atom is -0.368 e. The Balaban J connectivity index is 1.56. The number of carbonyl (C=O) groups excluding carboxylic acids is 1. The Morgan fingerprint density at radius 2 is 2.10 bits per heavy atom. The van der Waals surface area contributed by atoms with Crippen LogP contribution in [0.2, 0.25) is 0 Å². The van der Waals surface area contributed by atoms with Gasteiger partial charge in [-0.15, -0.1) is 0 Å². The Labute approximate surface area is 127 Å². The zero-order valence-corrected chi connectivity index (χ0v) is 12.9. The van der Waals surface area contributed by atoms with Gasteiger partial charge in [0.25, 0.3) is 0 Å². The highest BCUT2D eigenvalue weighted by Gasteiger charge is 2.11. The molecule has 21 heavy (non-hydrogen) atoms. The summed E-state index contributed by atoms with van der Waals surface area (Å²) in [6, 6.07) is 3.94. The van der Waals surface area contributed by atoms with E-state index >= 15 is 0 Å². The summed E-state index contributed by atoms with van der Waals surface area (Å²) in [6.07, 6.45) is 6.25. The first kappa shape index (κ1) is 15.8. The number of carbonyl (C=O) groups is 1. The van der Waals surface area contributed by atoms with Gasteiger partial charge < -0.3 is 15.5 Å². The maximum atomic E-state index is 11.8. The molecule has 1 saturated heterocycles. The molecule has 0 aliphatic carbocycles. The molecule has 0 bridgehead atoms. The number of piperidine rings is 1. The number of anilines is 1. The maximum Gasteiger partial charge on any atom is 0.221 e. The predicted molar refractivity (Wildman–Crippen MR) is 85.4 cm³/mol. The monoisotopic (exact) mass is 290 g/mol. The van der Waals surface area contributed by atoms with Gasteiger partial charge in [0.05, 0.1) is 0 Å². The summed E-state index contributed by atoms with van der Waals surface area (Å²) in [4.78, 5) is 18.4. The second-order valence-electron chi connectivity index (χ2n) is 5.60. The van der Waals surface area contributed by atoms with Crippen LogP contribution in [0.1, 0.15) is 31.2 Å². The van der Waals surface area contributed by atoms with Crippen LogP contribution in [-0.2, 0) is 4.79 Å². The normalized spacial score (nSPS) is 15.7. The summed E-state index contributed by atoms with van der Waals surface area (Å²) >= 11 is 0. The van der Waals surface area contributed by atoms with E-state index in [2.05, 4.69) is 20.5 Å². The molecule has 0 aromatic carbocycles. The fraction of sp³-hybridized carbons (Fsp3) is 0.625. The fourth-order valence-electron chi connectivity index (χ4n) is 2.58. The first-order valence-corrected chi connectivity index (χ1v) is 7.90. The van der Waals surface area contributed by atoms with Crippen LogP contribution in [-0.4, -0.2) is 48.5 Å². The summed E-state index contributed by atoms with van der Waals surface area (Å²) < 4.78 is 0. The lowest BCUT2D eigenvalue weighted by atomic mass is 10.1. The zero-order chi connectivity index (χ0) is 14.9. The second-order valence-corrected chi connectivity index (χ2v) is 5.60. The van der Waals surface area contributed by atoms with Gasteiger partial charge in [0.1, 0.15) is 5.82 Å². The van der Waals surface area contributed by atoms with Gasteiger partial charge in [0.15, 0.2) is 0 Å². The number of pyridine rings is 1. The standard InChI is InChI=1S/C16H26N4O/c1-14-6-5-8-18-16(14)19-10-9-17-15(21)7-13-20-11-3-2-4-12-20/h5-6,8H,2-4,7,9-13H2,1H3,(H,17,21)(H,18,19). The molecule has 0 radical (unpaired) electrons. The van der Waals surface area contributed by atoms with E-state index in [0.717, 1.165) is 31.0 Å². The minimum absolute atomic E-state index is 0.139. The number of hydrogen-bond donors (Lipinski definition) is 2. The Kier molecular flexibility index (Phi) is 6.47. The van der Waals surface area contributed by atoms with E-state index in [4.69, 9.17) is 0 Å². The number of nitrogens with zero attached hydrogens (tertiary/aromatic N) is 2. The Morgan fingerprint density at radius 1 is 1.29 bits per heavy atom. The molecule has 2 N–H and O–H groups in total. The van der Waals surface area contributed by atoms with Crippen LogP contribution in [0.5, 0.6) is 0 Å². The molecule has 2 rings (SSSR count). The Hall–Kier alpha value is -1.62. The Bertz CT molecular complexity index is 444.